The highest BCUT2D eigenvalue weighted by Crippen LogP contribution is 2.33. The summed E-state index contributed by atoms with van der Waals surface area (Å²) in [6.07, 6.45) is 6.52. The lowest BCUT2D eigenvalue weighted by atomic mass is 9.84. The normalized spacial score (nSPS) is 14.5. The average molecular weight is 436 g/mol. The van der Waals surface area contributed by atoms with Crippen molar-refractivity contribution >= 4 is 17.5 Å². The summed E-state index contributed by atoms with van der Waals surface area (Å²) in [7, 11) is 1.65. The summed E-state index contributed by atoms with van der Waals surface area (Å²) >= 11 is 1.43. The lowest BCUT2D eigenvalue weighted by Gasteiger charge is -2.22. The van der Waals surface area contributed by atoms with Crippen LogP contribution in [0, 0.1) is 0 Å². The van der Waals surface area contributed by atoms with E-state index in [-0.39, 0.29) is 5.78 Å². The number of ether oxygens (including phenoxy) is 1. The molecule has 0 N–H and O–H groups in total. The summed E-state index contributed by atoms with van der Waals surface area (Å²) in [5.74, 6) is 2.63. The van der Waals surface area contributed by atoms with Gasteiger partial charge in [0.25, 0.3) is 0 Å². The van der Waals surface area contributed by atoms with Crippen LogP contribution in [0.1, 0.15) is 60.9 Å². The third-order valence-electron chi connectivity index (χ3n) is 6.02. The molecule has 1 aromatic heterocycles. The van der Waals surface area contributed by atoms with Crippen molar-refractivity contribution < 1.29 is 9.53 Å². The lowest BCUT2D eigenvalue weighted by Crippen LogP contribution is -2.07. The molecule has 0 radical (unpaired) electrons. The van der Waals surface area contributed by atoms with E-state index in [1.165, 1.54) is 49.4 Å². The second-order valence-corrected chi connectivity index (χ2v) is 8.86. The van der Waals surface area contributed by atoms with Crippen molar-refractivity contribution in [2.24, 2.45) is 0 Å². The van der Waals surface area contributed by atoms with Crippen LogP contribution in [-0.2, 0) is 6.54 Å². The number of methoxy groups -OCH3 is 1. The second-order valence-electron chi connectivity index (χ2n) is 7.92. The highest BCUT2D eigenvalue weighted by atomic mass is 32.2. The van der Waals surface area contributed by atoms with Gasteiger partial charge in [-0.25, -0.2) is 0 Å². The van der Waals surface area contributed by atoms with Gasteiger partial charge in [-0.1, -0.05) is 67.4 Å². The number of Topliss-reactive ketones (excluding diaryl/α,β-unsaturated/α-hetero) is 1. The standard InChI is InChI=1S/C25H29N3O2S/c1-3-28-24(21-11-7-8-12-23(21)30-2)26-27-25(28)31-17-22(29)20-15-13-19(14-16-20)18-9-5-4-6-10-18/h7-8,11-16,18H,3-6,9-10,17H2,1-2H3. The minimum Gasteiger partial charge on any atom is -0.496 e. The van der Waals surface area contributed by atoms with Crippen LogP contribution in [0.15, 0.2) is 53.7 Å². The van der Waals surface area contributed by atoms with Crippen molar-refractivity contribution in [3.05, 3.63) is 59.7 Å². The molecule has 1 saturated carbocycles. The SMILES string of the molecule is CCn1c(SCC(=O)c2ccc(C3CCCCC3)cc2)nnc1-c1ccccc1OC. The molecule has 1 aliphatic carbocycles. The number of thioether (sulfide) groups is 1. The Hall–Kier alpha value is -2.60. The maximum absolute atomic E-state index is 12.8. The van der Waals surface area contributed by atoms with Gasteiger partial charge in [-0.15, -0.1) is 10.2 Å². The number of hydrogen-bond donors (Lipinski definition) is 0. The zero-order valence-corrected chi connectivity index (χ0v) is 19.0. The van der Waals surface area contributed by atoms with Gasteiger partial charge < -0.3 is 9.30 Å². The lowest BCUT2D eigenvalue weighted by molar-refractivity contribution is 0.102. The van der Waals surface area contributed by atoms with Gasteiger partial charge in [-0.05, 0) is 43.4 Å². The van der Waals surface area contributed by atoms with E-state index in [9.17, 15) is 4.79 Å². The molecule has 1 heterocycles. The number of benzene rings is 2. The first-order valence-corrected chi connectivity index (χ1v) is 12.0. The summed E-state index contributed by atoms with van der Waals surface area (Å²) in [5.41, 5.74) is 3.03. The molecule has 31 heavy (non-hydrogen) atoms. The number of aromatic nitrogens is 3. The van der Waals surface area contributed by atoms with Crippen LogP contribution in [0.5, 0.6) is 5.75 Å². The van der Waals surface area contributed by atoms with E-state index in [2.05, 4.69) is 29.3 Å². The Bertz CT molecular complexity index is 1020. The minimum absolute atomic E-state index is 0.115. The molecule has 0 bridgehead atoms. The smallest absolute Gasteiger partial charge is 0.191 e. The quantitative estimate of drug-likeness (QED) is 0.321. The van der Waals surface area contributed by atoms with E-state index in [0.717, 1.165) is 27.9 Å². The second kappa shape index (κ2) is 10.1. The number of nitrogens with zero attached hydrogens (tertiary/aromatic N) is 3. The van der Waals surface area contributed by atoms with Crippen molar-refractivity contribution in [2.45, 2.75) is 56.6 Å². The predicted molar refractivity (Wildman–Crippen MR) is 125 cm³/mol. The molecule has 0 atom stereocenters. The molecule has 1 aliphatic rings. The number of ketones is 1. The summed E-state index contributed by atoms with van der Waals surface area (Å²) in [6.45, 7) is 2.77. The third-order valence-corrected chi connectivity index (χ3v) is 6.99. The van der Waals surface area contributed by atoms with Crippen molar-refractivity contribution in [1.29, 1.82) is 0 Å². The van der Waals surface area contributed by atoms with Gasteiger partial charge in [0.2, 0.25) is 0 Å². The molecular formula is C25H29N3O2S. The first-order chi connectivity index (χ1) is 15.2. The van der Waals surface area contributed by atoms with E-state index >= 15 is 0 Å². The fourth-order valence-corrected chi connectivity index (χ4v) is 5.20. The van der Waals surface area contributed by atoms with Crippen LogP contribution in [0.25, 0.3) is 11.4 Å². The number of carbonyl (C=O) groups is 1. The molecule has 0 aliphatic heterocycles. The van der Waals surface area contributed by atoms with Crippen LogP contribution < -0.4 is 4.74 Å². The Balaban J connectivity index is 1.44. The van der Waals surface area contributed by atoms with E-state index in [4.69, 9.17) is 4.74 Å². The van der Waals surface area contributed by atoms with Gasteiger partial charge in [-0.2, -0.15) is 0 Å². The van der Waals surface area contributed by atoms with Crippen LogP contribution >= 0.6 is 11.8 Å². The molecule has 0 saturated heterocycles. The summed E-state index contributed by atoms with van der Waals surface area (Å²) in [4.78, 5) is 12.8. The largest absolute Gasteiger partial charge is 0.496 e. The third kappa shape index (κ3) is 4.85. The zero-order chi connectivity index (χ0) is 21.6. The summed E-state index contributed by atoms with van der Waals surface area (Å²) < 4.78 is 7.51. The van der Waals surface area contributed by atoms with Crippen LogP contribution in [0.4, 0.5) is 0 Å². The highest BCUT2D eigenvalue weighted by Gasteiger charge is 2.19. The maximum Gasteiger partial charge on any atom is 0.191 e. The molecule has 0 spiro atoms. The van der Waals surface area contributed by atoms with Gasteiger partial charge in [0.05, 0.1) is 18.4 Å². The fraction of sp³-hybridized carbons (Fsp3) is 0.400. The molecule has 0 amide bonds. The molecule has 3 aromatic rings. The Morgan fingerprint density at radius 1 is 1.06 bits per heavy atom. The average Bonchev–Trinajstić information content (AvgIpc) is 3.25. The Morgan fingerprint density at radius 3 is 2.52 bits per heavy atom. The van der Waals surface area contributed by atoms with Crippen molar-refractivity contribution in [2.75, 3.05) is 12.9 Å². The van der Waals surface area contributed by atoms with Gasteiger partial charge in [0.15, 0.2) is 16.8 Å². The predicted octanol–water partition coefficient (Wildman–Crippen LogP) is 6.00. The van der Waals surface area contributed by atoms with E-state index in [1.807, 2.05) is 41.0 Å². The Labute approximate surface area is 188 Å². The van der Waals surface area contributed by atoms with Crippen LogP contribution in [0.3, 0.4) is 0 Å². The number of para-hydroxylation sites is 1. The van der Waals surface area contributed by atoms with E-state index < -0.39 is 0 Å². The molecular weight excluding hydrogens is 406 g/mol. The molecule has 0 unspecified atom stereocenters. The first-order valence-electron chi connectivity index (χ1n) is 11.0. The molecule has 5 nitrogen and oxygen atoms in total. The van der Waals surface area contributed by atoms with E-state index in [1.54, 1.807) is 7.11 Å². The Morgan fingerprint density at radius 2 is 1.81 bits per heavy atom. The van der Waals surface area contributed by atoms with E-state index in [0.29, 0.717) is 18.2 Å². The van der Waals surface area contributed by atoms with Crippen molar-refractivity contribution in [3.63, 3.8) is 0 Å². The maximum atomic E-state index is 12.8. The Kier molecular flexibility index (Phi) is 7.07. The van der Waals surface area contributed by atoms with Gasteiger partial charge in [-0.3, -0.25) is 4.79 Å². The monoisotopic (exact) mass is 435 g/mol. The minimum atomic E-state index is 0.115. The molecule has 2 aromatic carbocycles. The van der Waals surface area contributed by atoms with Gasteiger partial charge in [0, 0.05) is 12.1 Å². The molecule has 162 valence electrons. The van der Waals surface area contributed by atoms with Gasteiger partial charge >= 0.3 is 0 Å². The topological polar surface area (TPSA) is 57.0 Å². The molecule has 6 heteroatoms. The molecule has 4 rings (SSSR count). The van der Waals surface area contributed by atoms with Crippen molar-refractivity contribution in [3.8, 4) is 17.1 Å². The van der Waals surface area contributed by atoms with Crippen molar-refractivity contribution in [1.82, 2.24) is 14.8 Å². The summed E-state index contributed by atoms with van der Waals surface area (Å²) in [5, 5.41) is 9.47. The number of rotatable bonds is 8. The fourth-order valence-electron chi connectivity index (χ4n) is 4.30. The van der Waals surface area contributed by atoms with Gasteiger partial charge in [0.1, 0.15) is 5.75 Å². The number of carbonyl (C=O) groups excluding carboxylic acids is 1. The molecule has 1 fully saturated rings. The zero-order valence-electron chi connectivity index (χ0n) is 18.2. The van der Waals surface area contributed by atoms with Crippen LogP contribution in [-0.4, -0.2) is 33.4 Å². The highest BCUT2D eigenvalue weighted by molar-refractivity contribution is 7.99. The summed E-state index contributed by atoms with van der Waals surface area (Å²) in [6, 6.07) is 16.0. The van der Waals surface area contributed by atoms with Crippen LogP contribution in [0.2, 0.25) is 0 Å². The number of hydrogen-bond acceptors (Lipinski definition) is 5. The first kappa shape index (κ1) is 21.6.